The van der Waals surface area contributed by atoms with Crippen LogP contribution in [0.2, 0.25) is 0 Å². The highest BCUT2D eigenvalue weighted by Crippen LogP contribution is 2.42. The number of alkyl halides is 1. The van der Waals surface area contributed by atoms with Crippen LogP contribution < -0.4 is 14.2 Å². The van der Waals surface area contributed by atoms with Crippen LogP contribution in [0.15, 0.2) is 30.3 Å². The Bertz CT molecular complexity index is 734. The van der Waals surface area contributed by atoms with Crippen LogP contribution in [0.25, 0.3) is 10.8 Å². The second-order valence-electron chi connectivity index (χ2n) is 7.33. The monoisotopic (exact) mass is 422 g/mol. The molecule has 2 aromatic rings. The average molecular weight is 423 g/mol. The van der Waals surface area contributed by atoms with Crippen molar-refractivity contribution in [3.63, 3.8) is 0 Å². The molecule has 0 saturated carbocycles. The van der Waals surface area contributed by atoms with E-state index in [1.165, 1.54) is 19.3 Å². The summed E-state index contributed by atoms with van der Waals surface area (Å²) in [6.45, 7) is 5.58. The number of unbranched alkanes of at least 4 members (excludes halogenated alkanes) is 1. The van der Waals surface area contributed by atoms with Crippen LogP contribution >= 0.6 is 11.6 Å². The number of hydrogen-bond donors (Lipinski definition) is 0. The van der Waals surface area contributed by atoms with E-state index in [1.54, 1.807) is 14.2 Å². The first-order valence-electron chi connectivity index (χ1n) is 10.6. The van der Waals surface area contributed by atoms with Gasteiger partial charge in [0.1, 0.15) is 12.4 Å². The fourth-order valence-electron chi connectivity index (χ4n) is 3.38. The third-order valence-corrected chi connectivity index (χ3v) is 5.56. The van der Waals surface area contributed by atoms with Crippen LogP contribution in [-0.4, -0.2) is 39.4 Å². The van der Waals surface area contributed by atoms with E-state index >= 15 is 0 Å². The van der Waals surface area contributed by atoms with Crippen molar-refractivity contribution in [1.29, 1.82) is 0 Å². The van der Waals surface area contributed by atoms with Gasteiger partial charge in [0.05, 0.1) is 19.8 Å². The molecule has 2 aromatic carbocycles. The Labute approximate surface area is 180 Å². The van der Waals surface area contributed by atoms with Crippen LogP contribution in [-0.2, 0) is 4.74 Å². The minimum absolute atomic E-state index is 0.0444. The molecule has 0 fully saturated rings. The molecular formula is C24H35ClO4. The zero-order valence-corrected chi connectivity index (χ0v) is 19.0. The Hall–Kier alpha value is -1.65. The van der Waals surface area contributed by atoms with Crippen molar-refractivity contribution in [3.05, 3.63) is 30.3 Å². The van der Waals surface area contributed by atoms with Crippen molar-refractivity contribution in [2.24, 2.45) is 5.92 Å². The van der Waals surface area contributed by atoms with E-state index in [4.69, 9.17) is 30.5 Å². The maximum atomic E-state index is 6.31. The fraction of sp³-hybridized carbons (Fsp3) is 0.583. The molecule has 0 aliphatic rings. The molecule has 0 heterocycles. The zero-order valence-electron chi connectivity index (χ0n) is 18.2. The van der Waals surface area contributed by atoms with Crippen LogP contribution in [0.4, 0.5) is 0 Å². The highest BCUT2D eigenvalue weighted by atomic mass is 35.5. The highest BCUT2D eigenvalue weighted by Gasteiger charge is 2.18. The predicted molar refractivity (Wildman–Crippen MR) is 121 cm³/mol. The molecule has 0 N–H and O–H groups in total. The Morgan fingerprint density at radius 3 is 2.31 bits per heavy atom. The second-order valence-corrected chi connectivity index (χ2v) is 7.70. The van der Waals surface area contributed by atoms with Crippen molar-refractivity contribution in [3.8, 4) is 17.2 Å². The van der Waals surface area contributed by atoms with Gasteiger partial charge in [-0.05, 0) is 18.8 Å². The van der Waals surface area contributed by atoms with Gasteiger partial charge in [-0.1, -0.05) is 57.4 Å². The molecule has 5 heteroatoms. The van der Waals surface area contributed by atoms with Gasteiger partial charge in [-0.2, -0.15) is 0 Å². The fourth-order valence-corrected chi connectivity index (χ4v) is 3.63. The number of ether oxygens (including phenoxy) is 4. The lowest BCUT2D eigenvalue weighted by molar-refractivity contribution is 0.0566. The second kappa shape index (κ2) is 12.8. The molecule has 0 aliphatic carbocycles. The molecule has 0 radical (unpaired) electrons. The summed E-state index contributed by atoms with van der Waals surface area (Å²) in [5.74, 6) is 3.33. The maximum Gasteiger partial charge on any atom is 0.169 e. The van der Waals surface area contributed by atoms with Gasteiger partial charge in [0, 0.05) is 29.8 Å². The zero-order chi connectivity index (χ0) is 21.1. The predicted octanol–water partition coefficient (Wildman–Crippen LogP) is 6.47. The number of hydrogen-bond acceptors (Lipinski definition) is 4. The van der Waals surface area contributed by atoms with E-state index in [2.05, 4.69) is 26.0 Å². The summed E-state index contributed by atoms with van der Waals surface area (Å²) in [6, 6.07) is 10.0. The maximum absolute atomic E-state index is 6.31. The normalized spacial score (nSPS) is 13.3. The first-order valence-corrected chi connectivity index (χ1v) is 11.2. The lowest BCUT2D eigenvalue weighted by Gasteiger charge is -2.21. The lowest BCUT2D eigenvalue weighted by Crippen LogP contribution is -2.21. The molecule has 0 amide bonds. The highest BCUT2D eigenvalue weighted by molar-refractivity contribution is 6.17. The first kappa shape index (κ1) is 23.6. The number of methoxy groups -OCH3 is 2. The number of halogens is 1. The van der Waals surface area contributed by atoms with Crippen molar-refractivity contribution >= 4 is 22.4 Å². The molecule has 0 aromatic heterocycles. The summed E-state index contributed by atoms with van der Waals surface area (Å²) in [7, 11) is 3.35. The summed E-state index contributed by atoms with van der Waals surface area (Å²) in [4.78, 5) is 0. The standard InChI is InChI=1S/C24H35ClO4/c1-5-7-10-18(6-2)16-29-24-21-12-9-8-11-20(21)22(15-23(24)27-4)28-17-19(26-3)13-14-25/h8-9,11-12,15,18-19H,5-7,10,13-14,16-17H2,1-4H3. The van der Waals surface area contributed by atoms with Crippen molar-refractivity contribution in [1.82, 2.24) is 0 Å². The van der Waals surface area contributed by atoms with Crippen LogP contribution in [0, 0.1) is 5.92 Å². The number of benzene rings is 2. The van der Waals surface area contributed by atoms with Gasteiger partial charge >= 0.3 is 0 Å². The molecule has 0 spiro atoms. The van der Waals surface area contributed by atoms with E-state index in [0.717, 1.165) is 35.1 Å². The number of rotatable bonds is 14. The smallest absolute Gasteiger partial charge is 0.169 e. The molecule has 0 bridgehead atoms. The summed E-state index contributed by atoms with van der Waals surface area (Å²) in [5, 5.41) is 2.00. The molecule has 162 valence electrons. The van der Waals surface area contributed by atoms with E-state index in [1.807, 2.05) is 18.2 Å². The largest absolute Gasteiger partial charge is 0.493 e. The van der Waals surface area contributed by atoms with E-state index in [0.29, 0.717) is 30.8 Å². The molecular weight excluding hydrogens is 388 g/mol. The Balaban J connectivity index is 2.28. The summed E-state index contributed by atoms with van der Waals surface area (Å²) < 4.78 is 23.5. The molecule has 2 unspecified atom stereocenters. The Morgan fingerprint density at radius 1 is 0.931 bits per heavy atom. The molecule has 4 nitrogen and oxygen atoms in total. The minimum atomic E-state index is -0.0444. The van der Waals surface area contributed by atoms with Gasteiger partial charge in [0.25, 0.3) is 0 Å². The minimum Gasteiger partial charge on any atom is -0.493 e. The van der Waals surface area contributed by atoms with E-state index in [-0.39, 0.29) is 6.10 Å². The van der Waals surface area contributed by atoms with Gasteiger partial charge in [-0.25, -0.2) is 0 Å². The van der Waals surface area contributed by atoms with Crippen molar-refractivity contribution in [2.45, 2.75) is 52.1 Å². The third kappa shape index (κ3) is 6.68. The molecule has 0 saturated heterocycles. The topological polar surface area (TPSA) is 36.9 Å². The van der Waals surface area contributed by atoms with Crippen LogP contribution in [0.1, 0.15) is 46.0 Å². The van der Waals surface area contributed by atoms with Gasteiger partial charge in [-0.3, -0.25) is 0 Å². The number of fused-ring (bicyclic) bond motifs is 1. The first-order chi connectivity index (χ1) is 14.2. The van der Waals surface area contributed by atoms with Crippen molar-refractivity contribution in [2.75, 3.05) is 33.3 Å². The summed E-state index contributed by atoms with van der Waals surface area (Å²) in [5.41, 5.74) is 0. The Kier molecular flexibility index (Phi) is 10.4. The van der Waals surface area contributed by atoms with Gasteiger partial charge < -0.3 is 18.9 Å². The average Bonchev–Trinajstić information content (AvgIpc) is 2.76. The van der Waals surface area contributed by atoms with Gasteiger partial charge in [0.15, 0.2) is 11.5 Å². The third-order valence-electron chi connectivity index (χ3n) is 5.34. The van der Waals surface area contributed by atoms with E-state index < -0.39 is 0 Å². The van der Waals surface area contributed by atoms with Gasteiger partial charge in [-0.15, -0.1) is 11.6 Å². The summed E-state index contributed by atoms with van der Waals surface area (Å²) in [6.07, 6.45) is 5.44. The lowest BCUT2D eigenvalue weighted by atomic mass is 10.0. The SMILES string of the molecule is CCCCC(CC)COc1c(OC)cc(OCC(CCCl)OC)c2ccccc12. The van der Waals surface area contributed by atoms with Gasteiger partial charge in [0.2, 0.25) is 0 Å². The molecule has 2 rings (SSSR count). The molecule has 0 aliphatic heterocycles. The Morgan fingerprint density at radius 2 is 1.69 bits per heavy atom. The van der Waals surface area contributed by atoms with E-state index in [9.17, 15) is 0 Å². The van der Waals surface area contributed by atoms with Crippen LogP contribution in [0.5, 0.6) is 17.2 Å². The molecule has 2 atom stereocenters. The quantitative estimate of drug-likeness (QED) is 0.327. The van der Waals surface area contributed by atoms with Crippen molar-refractivity contribution < 1.29 is 18.9 Å². The summed E-state index contributed by atoms with van der Waals surface area (Å²) >= 11 is 5.85. The van der Waals surface area contributed by atoms with Crippen LogP contribution in [0.3, 0.4) is 0 Å². The molecule has 29 heavy (non-hydrogen) atoms.